The van der Waals surface area contributed by atoms with Gasteiger partial charge in [-0.25, -0.2) is 4.79 Å². The first-order chi connectivity index (χ1) is 16.5. The average molecular weight is 468 g/mol. The van der Waals surface area contributed by atoms with E-state index in [0.717, 1.165) is 65.1 Å². The molecule has 1 heterocycles. The van der Waals surface area contributed by atoms with Gasteiger partial charge in [-0.2, -0.15) is 0 Å². The summed E-state index contributed by atoms with van der Waals surface area (Å²) in [7, 11) is 1.68. The highest BCUT2D eigenvalue weighted by molar-refractivity contribution is 5.83. The fraction of sp³-hybridized carbons (Fsp3) is 0.519. The molecule has 7 nitrogen and oxygen atoms in total. The minimum Gasteiger partial charge on any atom is -0.496 e. The summed E-state index contributed by atoms with van der Waals surface area (Å²) in [6, 6.07) is 10.1. The van der Waals surface area contributed by atoms with Crippen LogP contribution < -0.4 is 14.8 Å². The van der Waals surface area contributed by atoms with Crippen molar-refractivity contribution < 1.29 is 28.8 Å². The molecule has 1 saturated heterocycles. The van der Waals surface area contributed by atoms with Gasteiger partial charge in [0.05, 0.1) is 25.9 Å². The molecule has 182 valence electrons. The summed E-state index contributed by atoms with van der Waals surface area (Å²) in [5, 5.41) is 13.3. The Labute approximate surface area is 200 Å². The number of carboxylic acid groups (broad SMARTS) is 1. The monoisotopic (exact) mass is 467 g/mol. The van der Waals surface area contributed by atoms with Crippen molar-refractivity contribution in [3.63, 3.8) is 0 Å². The molecule has 5 rings (SSSR count). The Kier molecular flexibility index (Phi) is 6.40. The van der Waals surface area contributed by atoms with Crippen LogP contribution in [0.15, 0.2) is 30.3 Å². The highest BCUT2D eigenvalue weighted by Crippen LogP contribution is 2.40. The third-order valence-electron chi connectivity index (χ3n) is 6.90. The number of nitrogens with one attached hydrogen (secondary N) is 1. The molecule has 3 aliphatic rings. The summed E-state index contributed by atoms with van der Waals surface area (Å²) < 4.78 is 23.3. The summed E-state index contributed by atoms with van der Waals surface area (Å²) in [5.41, 5.74) is 3.78. The Bertz CT molecular complexity index is 1050. The first kappa shape index (κ1) is 23.0. The first-order valence-corrected chi connectivity index (χ1v) is 12.2. The molecule has 3 fully saturated rings. The third-order valence-corrected chi connectivity index (χ3v) is 6.90. The van der Waals surface area contributed by atoms with Crippen LogP contribution in [0.5, 0.6) is 11.5 Å². The number of carboxylic acids is 1. The predicted octanol–water partition coefficient (Wildman–Crippen LogP) is 4.94. The predicted molar refractivity (Wildman–Crippen MR) is 129 cm³/mol. The van der Waals surface area contributed by atoms with Gasteiger partial charge in [-0.15, -0.1) is 0 Å². The van der Waals surface area contributed by atoms with Gasteiger partial charge in [0.15, 0.2) is 0 Å². The van der Waals surface area contributed by atoms with E-state index < -0.39 is 11.5 Å². The number of anilines is 1. The van der Waals surface area contributed by atoms with Gasteiger partial charge < -0.3 is 29.4 Å². The van der Waals surface area contributed by atoms with E-state index in [9.17, 15) is 9.90 Å². The van der Waals surface area contributed by atoms with Crippen LogP contribution in [-0.2, 0) is 20.9 Å². The molecule has 0 unspecified atom stereocenters. The molecule has 34 heavy (non-hydrogen) atoms. The second kappa shape index (κ2) is 9.47. The Hall–Kier alpha value is -2.77. The van der Waals surface area contributed by atoms with Gasteiger partial charge in [-0.1, -0.05) is 6.07 Å². The molecule has 1 aliphatic heterocycles. The maximum absolute atomic E-state index is 12.1. The Balaban J connectivity index is 1.49. The normalized spacial score (nSPS) is 19.5. The second-order valence-corrected chi connectivity index (χ2v) is 9.63. The van der Waals surface area contributed by atoms with Crippen molar-refractivity contribution in [3.05, 3.63) is 41.5 Å². The molecule has 2 N–H and O–H groups in total. The first-order valence-electron chi connectivity index (χ1n) is 12.2. The second-order valence-electron chi connectivity index (χ2n) is 9.63. The van der Waals surface area contributed by atoms with Crippen molar-refractivity contribution in [3.8, 4) is 22.6 Å². The van der Waals surface area contributed by atoms with E-state index in [0.29, 0.717) is 38.8 Å². The molecular weight excluding hydrogens is 434 g/mol. The lowest BCUT2D eigenvalue weighted by Gasteiger charge is -2.35. The van der Waals surface area contributed by atoms with Gasteiger partial charge in [0.25, 0.3) is 0 Å². The Morgan fingerprint density at radius 1 is 1.09 bits per heavy atom. The van der Waals surface area contributed by atoms with Gasteiger partial charge in [0.1, 0.15) is 17.0 Å². The molecule has 0 aromatic heterocycles. The number of hydrogen-bond acceptors (Lipinski definition) is 6. The van der Waals surface area contributed by atoms with Crippen LogP contribution in [0.3, 0.4) is 0 Å². The SMILES string of the molecule is COc1cc(-c2ccc(NC3(C(=O)O)CCOCC3)cc2COC2CC2)cc(OC2CC2)c1C. The fourth-order valence-electron chi connectivity index (χ4n) is 4.42. The van der Waals surface area contributed by atoms with Crippen LogP contribution in [0.25, 0.3) is 11.1 Å². The molecule has 0 radical (unpaired) electrons. The quantitative estimate of drug-likeness (QED) is 0.512. The van der Waals surface area contributed by atoms with E-state index in [-0.39, 0.29) is 6.10 Å². The van der Waals surface area contributed by atoms with E-state index >= 15 is 0 Å². The van der Waals surface area contributed by atoms with E-state index in [1.807, 2.05) is 31.2 Å². The molecule has 2 aromatic rings. The van der Waals surface area contributed by atoms with E-state index in [1.54, 1.807) is 7.11 Å². The molecule has 2 aliphatic carbocycles. The number of carbonyl (C=O) groups is 1. The molecule has 7 heteroatoms. The van der Waals surface area contributed by atoms with Gasteiger partial charge >= 0.3 is 5.97 Å². The lowest BCUT2D eigenvalue weighted by molar-refractivity contribution is -0.145. The topological polar surface area (TPSA) is 86.3 Å². The fourth-order valence-corrected chi connectivity index (χ4v) is 4.42. The Morgan fingerprint density at radius 3 is 2.44 bits per heavy atom. The number of methoxy groups -OCH3 is 1. The van der Waals surface area contributed by atoms with Crippen molar-refractivity contribution >= 4 is 11.7 Å². The standard InChI is InChI=1S/C27H33NO6/c1-17-24(31-2)14-18(15-25(17)34-22-6-7-22)23-8-3-20(13-19(23)16-33-21-4-5-21)28-27(26(29)30)9-11-32-12-10-27/h3,8,13-15,21-22,28H,4-7,9-12,16H2,1-2H3,(H,29,30). The summed E-state index contributed by atoms with van der Waals surface area (Å²) in [4.78, 5) is 12.1. The van der Waals surface area contributed by atoms with Gasteiger partial charge in [-0.05, 0) is 73.6 Å². The van der Waals surface area contributed by atoms with Crippen LogP contribution in [0.4, 0.5) is 5.69 Å². The largest absolute Gasteiger partial charge is 0.496 e. The van der Waals surface area contributed by atoms with Crippen LogP contribution in [0, 0.1) is 6.92 Å². The minimum atomic E-state index is -1.02. The third kappa shape index (κ3) is 5.00. The zero-order valence-corrected chi connectivity index (χ0v) is 19.9. The molecule has 0 amide bonds. The molecular formula is C27H33NO6. The lowest BCUT2D eigenvalue weighted by Crippen LogP contribution is -2.50. The maximum atomic E-state index is 12.1. The van der Waals surface area contributed by atoms with Gasteiger partial charge in [0, 0.05) is 37.3 Å². The van der Waals surface area contributed by atoms with Crippen LogP contribution >= 0.6 is 0 Å². The van der Waals surface area contributed by atoms with E-state index in [4.69, 9.17) is 18.9 Å². The van der Waals surface area contributed by atoms with Crippen molar-refractivity contribution in [2.45, 2.75) is 69.8 Å². The average Bonchev–Trinajstić information content (AvgIpc) is 3.76. The summed E-state index contributed by atoms with van der Waals surface area (Å²) in [5.74, 6) is 0.789. The van der Waals surface area contributed by atoms with Crippen LogP contribution in [0.2, 0.25) is 0 Å². The number of rotatable bonds is 10. The summed E-state index contributed by atoms with van der Waals surface area (Å²) >= 11 is 0. The minimum absolute atomic E-state index is 0.287. The number of benzene rings is 2. The van der Waals surface area contributed by atoms with Crippen molar-refractivity contribution in [1.82, 2.24) is 0 Å². The summed E-state index contributed by atoms with van der Waals surface area (Å²) in [6.07, 6.45) is 5.80. The number of hydrogen-bond donors (Lipinski definition) is 2. The van der Waals surface area contributed by atoms with E-state index in [2.05, 4.69) is 11.4 Å². The summed E-state index contributed by atoms with van der Waals surface area (Å²) in [6.45, 7) is 3.35. The van der Waals surface area contributed by atoms with Crippen molar-refractivity contribution in [2.24, 2.45) is 0 Å². The van der Waals surface area contributed by atoms with Gasteiger partial charge in [-0.3, -0.25) is 0 Å². The molecule has 2 saturated carbocycles. The lowest BCUT2D eigenvalue weighted by atomic mass is 9.89. The smallest absolute Gasteiger partial charge is 0.329 e. The van der Waals surface area contributed by atoms with Crippen LogP contribution in [0.1, 0.15) is 49.7 Å². The van der Waals surface area contributed by atoms with Crippen LogP contribution in [-0.4, -0.2) is 49.1 Å². The van der Waals surface area contributed by atoms with Gasteiger partial charge in [0.2, 0.25) is 0 Å². The highest BCUT2D eigenvalue weighted by atomic mass is 16.5. The number of ether oxygens (including phenoxy) is 4. The zero-order valence-electron chi connectivity index (χ0n) is 19.9. The van der Waals surface area contributed by atoms with Crippen molar-refractivity contribution in [1.29, 1.82) is 0 Å². The highest BCUT2D eigenvalue weighted by Gasteiger charge is 2.40. The van der Waals surface area contributed by atoms with E-state index in [1.165, 1.54) is 0 Å². The molecule has 2 aromatic carbocycles. The molecule has 0 atom stereocenters. The zero-order chi connectivity index (χ0) is 23.7. The van der Waals surface area contributed by atoms with Crippen molar-refractivity contribution in [2.75, 3.05) is 25.6 Å². The number of aliphatic carboxylic acids is 1. The maximum Gasteiger partial charge on any atom is 0.329 e. The molecule has 0 bridgehead atoms. The molecule has 0 spiro atoms. The Morgan fingerprint density at radius 2 is 1.79 bits per heavy atom.